The average molecular weight is 1230 g/mol. The van der Waals surface area contributed by atoms with Crippen LogP contribution in [0.25, 0.3) is 10.9 Å². The van der Waals surface area contributed by atoms with E-state index in [4.69, 9.17) is 54.2 Å². The topological polar surface area (TPSA) is 292 Å². The Morgan fingerprint density at radius 2 is 1.65 bits per heavy atom. The number of aliphatic hydroxyl groups excluding tert-OH is 1. The molecule has 0 radical (unpaired) electrons. The number of fused-ring (bicyclic) bond motifs is 6. The summed E-state index contributed by atoms with van der Waals surface area (Å²) in [5, 5.41) is 33.1. The molecule has 476 valence electrons. The van der Waals surface area contributed by atoms with Crippen LogP contribution in [0.15, 0.2) is 66.3 Å². The number of likely N-dealkylation sites (N-methyl/N-ethyl adjacent to an activating group) is 1. The predicted octanol–water partition coefficient (Wildman–Crippen LogP) is 3.29. The molecule has 1 aromatic heterocycles. The molecular weight excluding hydrogens is 1140 g/mol. The lowest BCUT2D eigenvalue weighted by molar-refractivity contribution is -0.162. The number of epoxide rings is 1. The molecule has 6 rings (SSSR count). The molecule has 0 spiro atoms. The number of hydrazine groups is 1. The molecule has 25 nitrogen and oxygen atoms in total. The first-order valence-corrected chi connectivity index (χ1v) is 29.2. The Balaban J connectivity index is 0.887. The number of anilines is 1. The summed E-state index contributed by atoms with van der Waals surface area (Å²) in [5.74, 6) is -2.43. The van der Waals surface area contributed by atoms with Gasteiger partial charge < -0.3 is 73.3 Å². The number of halogens is 1. The van der Waals surface area contributed by atoms with Crippen LogP contribution < -0.4 is 31.0 Å². The maximum Gasteiger partial charge on any atom is 0.409 e. The highest BCUT2D eigenvalue weighted by Crippen LogP contribution is 2.49. The number of allylic oxidation sites excluding steroid dienone is 3. The Kier molecular flexibility index (Phi) is 26.3. The quantitative estimate of drug-likeness (QED) is 0.0252. The van der Waals surface area contributed by atoms with E-state index in [1.807, 2.05) is 55.4 Å². The minimum atomic E-state index is -1.87. The van der Waals surface area contributed by atoms with Crippen LogP contribution in [0.4, 0.5) is 10.5 Å². The summed E-state index contributed by atoms with van der Waals surface area (Å²) in [6, 6.07) is 11.4. The Morgan fingerprint density at radius 1 is 0.977 bits per heavy atom. The molecule has 3 aromatic rings. The maximum absolute atomic E-state index is 14.3. The van der Waals surface area contributed by atoms with Gasteiger partial charge in [0.1, 0.15) is 40.7 Å². The zero-order chi connectivity index (χ0) is 62.7. The first-order valence-electron chi connectivity index (χ1n) is 28.9. The van der Waals surface area contributed by atoms with Crippen molar-refractivity contribution < 1.29 is 81.6 Å². The molecule has 0 saturated carbocycles. The fourth-order valence-corrected chi connectivity index (χ4v) is 10.6. The minimum Gasteiger partial charge on any atom is -0.495 e. The van der Waals surface area contributed by atoms with Crippen LogP contribution in [0, 0.1) is 5.92 Å². The SMILES string of the molecule is CNN(C)Cc1cc2ccccc2n1C(=O)C[C@@H](CO)NCC(=O)NCCOCCOCCOCCOCCC(=O)N(C)[C@@H](C)C(=O)O[C@H]1CC(=O)N(C)c2cc(cc(OC)c2Cl)C/C(C)=C/C=C/[C@@H](OC)[C@@]2(O)C[C@H](OC(=O)N2)[C@@H](C)C2O[C@]21C. The van der Waals surface area contributed by atoms with Crippen LogP contribution in [-0.4, -0.2) is 223 Å². The number of carbonyl (C=O) groups excluding carboxylic acids is 6. The zero-order valence-corrected chi connectivity index (χ0v) is 51.8. The van der Waals surface area contributed by atoms with Crippen molar-refractivity contribution in [2.75, 3.05) is 120 Å². The number of benzene rings is 2. The standard InChI is InChI=1S/C60H87ClN8O17/c1-38-14-13-17-49(79-10)60(77)34-48(84-58(76)65-60)39(2)56-59(4,86-56)50(33-53(73)68(8)46-29-41(28-38)30-47(78-9)55(46)61)85-57(75)40(3)67(7)52(72)18-20-80-22-24-82-26-27-83-25-23-81-21-19-63-51(71)35-64-43(37-70)32-54(74)69-44(36-66(6)62-5)31-42-15-11-12-16-45(42)69/h11-17,29-31,39-40,43,48-50,56,62,64,70,77H,18-28,32-37H2,1-10H3,(H,63,71)(H,65,76)/b17-13+,38-14+/t39-,40+,43+,48+,49-,50+,56?,59+,60+/m1/s1. The molecule has 4 heterocycles. The number of para-hydroxylation sites is 1. The van der Waals surface area contributed by atoms with Gasteiger partial charge in [0.15, 0.2) is 5.72 Å². The summed E-state index contributed by atoms with van der Waals surface area (Å²) >= 11 is 6.82. The maximum atomic E-state index is 14.3. The molecule has 4 bridgehead atoms. The van der Waals surface area contributed by atoms with Gasteiger partial charge in [-0.05, 0) is 64.1 Å². The zero-order valence-electron chi connectivity index (χ0n) is 51.0. The van der Waals surface area contributed by atoms with Gasteiger partial charge in [0.2, 0.25) is 23.6 Å². The Labute approximate surface area is 507 Å². The second-order valence-electron chi connectivity index (χ2n) is 21.9. The fraction of sp³-hybridized carbons (Fsp3) is 0.600. The van der Waals surface area contributed by atoms with E-state index in [2.05, 4.69) is 21.4 Å². The van der Waals surface area contributed by atoms with Crippen molar-refractivity contribution in [3.05, 3.63) is 82.5 Å². The van der Waals surface area contributed by atoms with E-state index >= 15 is 0 Å². The molecule has 4 amide bonds. The number of alkyl carbamates (subject to hydrolysis) is 1. The van der Waals surface area contributed by atoms with E-state index in [1.165, 1.54) is 38.0 Å². The smallest absolute Gasteiger partial charge is 0.409 e. The van der Waals surface area contributed by atoms with Gasteiger partial charge in [0.25, 0.3) is 0 Å². The summed E-state index contributed by atoms with van der Waals surface area (Å²) < 4.78 is 53.4. The van der Waals surface area contributed by atoms with E-state index in [0.717, 1.165) is 27.7 Å². The largest absolute Gasteiger partial charge is 0.495 e. The van der Waals surface area contributed by atoms with Gasteiger partial charge in [-0.25, -0.2) is 14.6 Å². The number of aliphatic hydroxyl groups is 2. The van der Waals surface area contributed by atoms with E-state index < -0.39 is 77.6 Å². The molecule has 2 aromatic carbocycles. The van der Waals surface area contributed by atoms with Crippen LogP contribution in [-0.2, 0) is 70.0 Å². The lowest BCUT2D eigenvalue weighted by atomic mass is 9.83. The summed E-state index contributed by atoms with van der Waals surface area (Å²) in [6.45, 7) is 9.09. The molecular formula is C60H87ClN8O17. The fourth-order valence-electron chi connectivity index (χ4n) is 10.3. The Morgan fingerprint density at radius 3 is 2.31 bits per heavy atom. The number of esters is 1. The molecule has 2 saturated heterocycles. The number of rotatable bonds is 29. The van der Waals surface area contributed by atoms with Crippen molar-refractivity contribution in [1.82, 2.24) is 35.9 Å². The first kappa shape index (κ1) is 69.0. The van der Waals surface area contributed by atoms with Crippen molar-refractivity contribution in [2.24, 2.45) is 5.92 Å². The third-order valence-electron chi connectivity index (χ3n) is 15.7. The summed E-state index contributed by atoms with van der Waals surface area (Å²) in [4.78, 5) is 83.4. The molecule has 3 aliphatic heterocycles. The second-order valence-corrected chi connectivity index (χ2v) is 22.3. The molecule has 3 aliphatic rings. The highest BCUT2D eigenvalue weighted by Gasteiger charge is 2.64. The van der Waals surface area contributed by atoms with Crippen molar-refractivity contribution in [2.45, 2.75) is 114 Å². The number of amides is 4. The highest BCUT2D eigenvalue weighted by molar-refractivity contribution is 6.35. The van der Waals surface area contributed by atoms with Gasteiger partial charge in [0, 0.05) is 70.7 Å². The summed E-state index contributed by atoms with van der Waals surface area (Å²) in [7, 11) is 9.59. The normalized spacial score (nSPS) is 24.2. The van der Waals surface area contributed by atoms with Crippen LogP contribution in [0.1, 0.15) is 69.4 Å². The highest BCUT2D eigenvalue weighted by atomic mass is 35.5. The third-order valence-corrected chi connectivity index (χ3v) is 16.1. The van der Waals surface area contributed by atoms with Gasteiger partial charge in [0.05, 0.1) is 110 Å². The minimum absolute atomic E-state index is 0.0171. The molecule has 6 N–H and O–H groups in total. The number of nitrogens with zero attached hydrogens (tertiary/aromatic N) is 4. The Hall–Kier alpha value is -6.07. The molecule has 86 heavy (non-hydrogen) atoms. The monoisotopic (exact) mass is 1230 g/mol. The van der Waals surface area contributed by atoms with Crippen LogP contribution in [0.2, 0.25) is 5.02 Å². The third kappa shape index (κ3) is 18.7. The summed E-state index contributed by atoms with van der Waals surface area (Å²) in [6.07, 6.45) is 0.439. The molecule has 2 fully saturated rings. The Bertz CT molecular complexity index is 2850. The average Bonchev–Trinajstić information content (AvgIpc) is 1.61. The number of hydrogen-bond acceptors (Lipinski definition) is 20. The van der Waals surface area contributed by atoms with Gasteiger partial charge in [-0.3, -0.25) is 34.5 Å². The van der Waals surface area contributed by atoms with Crippen LogP contribution >= 0.6 is 11.6 Å². The van der Waals surface area contributed by atoms with Gasteiger partial charge in [-0.1, -0.05) is 60.5 Å². The number of ether oxygens (including phenoxy) is 9. The van der Waals surface area contributed by atoms with Gasteiger partial charge in [-0.2, -0.15) is 0 Å². The second kappa shape index (κ2) is 32.8. The van der Waals surface area contributed by atoms with Crippen LogP contribution in [0.5, 0.6) is 5.75 Å². The lowest BCUT2D eigenvalue weighted by Gasteiger charge is -2.42. The van der Waals surface area contributed by atoms with Crippen molar-refractivity contribution in [1.29, 1.82) is 0 Å². The molecule has 1 unspecified atom stereocenters. The molecule has 26 heteroatoms. The van der Waals surface area contributed by atoms with E-state index in [1.54, 1.807) is 56.8 Å². The molecule has 0 aliphatic carbocycles. The summed E-state index contributed by atoms with van der Waals surface area (Å²) in [5.41, 5.74) is 3.49. The first-order chi connectivity index (χ1) is 41.1. The number of aromatic nitrogens is 1. The molecule has 9 atom stereocenters. The van der Waals surface area contributed by atoms with Crippen molar-refractivity contribution in [3.63, 3.8) is 0 Å². The van der Waals surface area contributed by atoms with E-state index in [-0.39, 0.29) is 102 Å². The lowest BCUT2D eigenvalue weighted by Crippen LogP contribution is -2.63. The number of carbonyl (C=O) groups is 6. The number of hydrogen-bond donors (Lipinski definition) is 6. The number of nitrogens with one attached hydrogen (secondary N) is 4. The van der Waals surface area contributed by atoms with Crippen molar-refractivity contribution >= 4 is 63.9 Å². The number of methoxy groups -OCH3 is 2. The van der Waals surface area contributed by atoms with E-state index in [9.17, 15) is 39.0 Å². The van der Waals surface area contributed by atoms with Crippen molar-refractivity contribution in [3.8, 4) is 5.75 Å². The van der Waals surface area contributed by atoms with Gasteiger partial charge >= 0.3 is 12.1 Å². The van der Waals surface area contributed by atoms with Gasteiger partial charge in [-0.15, -0.1) is 0 Å². The predicted molar refractivity (Wildman–Crippen MR) is 318 cm³/mol. The van der Waals surface area contributed by atoms with E-state index in [0.29, 0.717) is 37.6 Å². The van der Waals surface area contributed by atoms with Crippen LogP contribution in [0.3, 0.4) is 0 Å².